The van der Waals surface area contributed by atoms with Crippen molar-refractivity contribution in [2.75, 3.05) is 5.73 Å². The van der Waals surface area contributed by atoms with Crippen LogP contribution in [0.25, 0.3) is 5.69 Å². The van der Waals surface area contributed by atoms with Crippen LogP contribution in [-0.4, -0.2) is 19.9 Å². The van der Waals surface area contributed by atoms with Crippen molar-refractivity contribution in [1.82, 2.24) is 15.0 Å². The summed E-state index contributed by atoms with van der Waals surface area (Å²) in [5.74, 6) is -0.528. The van der Waals surface area contributed by atoms with Gasteiger partial charge in [-0.2, -0.15) is 0 Å². The molecule has 1 aromatic heterocycles. The number of hydrogen-bond donors (Lipinski definition) is 1. The second-order valence-corrected chi connectivity index (χ2v) is 3.40. The van der Waals surface area contributed by atoms with E-state index in [2.05, 4.69) is 10.3 Å². The minimum Gasteiger partial charge on any atom is -0.381 e. The number of nitro groups is 1. The van der Waals surface area contributed by atoms with Crippen molar-refractivity contribution in [3.63, 3.8) is 0 Å². The zero-order valence-electron chi connectivity index (χ0n) is 8.79. The van der Waals surface area contributed by atoms with Crippen molar-refractivity contribution in [2.45, 2.75) is 6.92 Å². The Morgan fingerprint density at radius 1 is 1.47 bits per heavy atom. The predicted molar refractivity (Wildman–Crippen MR) is 57.1 cm³/mol. The second kappa shape index (κ2) is 3.81. The quantitative estimate of drug-likeness (QED) is 0.624. The van der Waals surface area contributed by atoms with Gasteiger partial charge >= 0.3 is 0 Å². The Bertz CT molecular complexity index is 595. The molecule has 1 heterocycles. The monoisotopic (exact) mass is 237 g/mol. The van der Waals surface area contributed by atoms with Crippen molar-refractivity contribution in [3.8, 4) is 5.69 Å². The van der Waals surface area contributed by atoms with Crippen molar-refractivity contribution in [1.29, 1.82) is 0 Å². The average molecular weight is 237 g/mol. The number of nitrogens with zero attached hydrogens (tertiary/aromatic N) is 4. The molecule has 0 radical (unpaired) electrons. The number of nitrogen functional groups attached to an aromatic ring is 1. The number of hydrogen-bond acceptors (Lipinski definition) is 5. The fourth-order valence-electron chi connectivity index (χ4n) is 1.37. The highest BCUT2D eigenvalue weighted by atomic mass is 19.1. The minimum atomic E-state index is -0.720. The Kier molecular flexibility index (Phi) is 2.47. The lowest BCUT2D eigenvalue weighted by atomic mass is 10.2. The van der Waals surface area contributed by atoms with Crippen LogP contribution >= 0.6 is 0 Å². The molecule has 2 rings (SSSR count). The number of benzene rings is 1. The van der Waals surface area contributed by atoms with Gasteiger partial charge in [0.25, 0.3) is 5.69 Å². The van der Waals surface area contributed by atoms with E-state index in [-0.39, 0.29) is 17.2 Å². The molecule has 17 heavy (non-hydrogen) atoms. The number of anilines is 1. The number of halogens is 1. The van der Waals surface area contributed by atoms with Gasteiger partial charge in [-0.15, -0.1) is 5.10 Å². The van der Waals surface area contributed by atoms with Gasteiger partial charge in [0, 0.05) is 12.1 Å². The van der Waals surface area contributed by atoms with E-state index in [9.17, 15) is 14.5 Å². The van der Waals surface area contributed by atoms with Crippen molar-refractivity contribution < 1.29 is 9.31 Å². The van der Waals surface area contributed by atoms with Gasteiger partial charge in [-0.05, 0) is 6.92 Å². The van der Waals surface area contributed by atoms with Gasteiger partial charge in [-0.1, -0.05) is 5.21 Å². The molecule has 0 atom stereocenters. The Hall–Kier alpha value is -2.51. The molecule has 0 aliphatic rings. The molecule has 0 unspecified atom stereocenters. The molecule has 88 valence electrons. The van der Waals surface area contributed by atoms with Crippen LogP contribution in [0, 0.1) is 22.9 Å². The van der Waals surface area contributed by atoms with Crippen LogP contribution in [0.1, 0.15) is 5.69 Å². The maximum atomic E-state index is 13.2. The van der Waals surface area contributed by atoms with Crippen LogP contribution in [0.3, 0.4) is 0 Å². The minimum absolute atomic E-state index is 0.192. The molecule has 1 aromatic carbocycles. The molecular formula is C9H8FN5O2. The first-order valence-corrected chi connectivity index (χ1v) is 4.62. The zero-order chi connectivity index (χ0) is 12.6. The third-order valence-corrected chi connectivity index (χ3v) is 2.25. The maximum Gasteiger partial charge on any atom is 0.274 e. The van der Waals surface area contributed by atoms with E-state index < -0.39 is 10.7 Å². The SMILES string of the molecule is Cc1c(N)nnn1-c1cc(F)cc([N+](=O)[O-])c1. The van der Waals surface area contributed by atoms with Crippen LogP contribution in [-0.2, 0) is 0 Å². The van der Waals surface area contributed by atoms with E-state index >= 15 is 0 Å². The molecule has 0 saturated heterocycles. The van der Waals surface area contributed by atoms with Crippen molar-refractivity contribution in [2.24, 2.45) is 0 Å². The summed E-state index contributed by atoms with van der Waals surface area (Å²) < 4.78 is 14.5. The molecule has 0 fully saturated rings. The van der Waals surface area contributed by atoms with E-state index in [1.165, 1.54) is 10.7 Å². The Morgan fingerprint density at radius 3 is 2.71 bits per heavy atom. The summed E-state index contributed by atoms with van der Waals surface area (Å²) >= 11 is 0. The first-order chi connectivity index (χ1) is 7.99. The highest BCUT2D eigenvalue weighted by Crippen LogP contribution is 2.20. The molecule has 0 amide bonds. The van der Waals surface area contributed by atoms with E-state index in [1.54, 1.807) is 6.92 Å². The van der Waals surface area contributed by atoms with Gasteiger partial charge in [-0.3, -0.25) is 10.1 Å². The highest BCUT2D eigenvalue weighted by Gasteiger charge is 2.14. The third kappa shape index (κ3) is 1.92. The Morgan fingerprint density at radius 2 is 2.18 bits per heavy atom. The molecule has 0 spiro atoms. The first kappa shape index (κ1) is 11.0. The van der Waals surface area contributed by atoms with Crippen LogP contribution in [0.2, 0.25) is 0 Å². The molecule has 0 aliphatic heterocycles. The van der Waals surface area contributed by atoms with Gasteiger partial charge in [0.05, 0.1) is 22.4 Å². The largest absolute Gasteiger partial charge is 0.381 e. The van der Waals surface area contributed by atoms with E-state index in [1.807, 2.05) is 0 Å². The molecule has 8 heteroatoms. The summed E-state index contributed by atoms with van der Waals surface area (Å²) in [5, 5.41) is 17.9. The number of nitro benzene ring substituents is 1. The molecule has 0 saturated carbocycles. The summed E-state index contributed by atoms with van der Waals surface area (Å²) in [7, 11) is 0. The Labute approximate surface area is 94.8 Å². The van der Waals surface area contributed by atoms with Gasteiger partial charge in [0.1, 0.15) is 5.82 Å². The van der Waals surface area contributed by atoms with Crippen molar-refractivity contribution >= 4 is 11.5 Å². The third-order valence-electron chi connectivity index (χ3n) is 2.25. The Balaban J connectivity index is 2.60. The summed E-state index contributed by atoms with van der Waals surface area (Å²) in [4.78, 5) is 9.92. The van der Waals surface area contributed by atoms with Gasteiger partial charge < -0.3 is 5.73 Å². The number of non-ortho nitro benzene ring substituents is 1. The molecular weight excluding hydrogens is 229 g/mol. The molecule has 2 aromatic rings. The second-order valence-electron chi connectivity index (χ2n) is 3.40. The van der Waals surface area contributed by atoms with E-state index in [0.29, 0.717) is 5.69 Å². The van der Waals surface area contributed by atoms with Crippen LogP contribution < -0.4 is 5.73 Å². The van der Waals surface area contributed by atoms with Gasteiger partial charge in [0.2, 0.25) is 0 Å². The van der Waals surface area contributed by atoms with Gasteiger partial charge in [0.15, 0.2) is 5.82 Å². The lowest BCUT2D eigenvalue weighted by molar-refractivity contribution is -0.385. The summed E-state index contributed by atoms with van der Waals surface area (Å²) in [6.45, 7) is 1.63. The standard InChI is InChI=1S/C9H8FN5O2/c1-5-9(11)12-13-14(5)7-2-6(10)3-8(4-7)15(16)17/h2-4H,11H2,1H3. The lowest BCUT2D eigenvalue weighted by Gasteiger charge is -2.03. The number of aromatic nitrogens is 3. The van der Waals surface area contributed by atoms with E-state index in [0.717, 1.165) is 12.1 Å². The summed E-state index contributed by atoms with van der Waals surface area (Å²) in [6, 6.07) is 3.15. The zero-order valence-corrected chi connectivity index (χ0v) is 8.79. The maximum absolute atomic E-state index is 13.2. The van der Waals surface area contributed by atoms with Crippen LogP contribution in [0.5, 0.6) is 0 Å². The molecule has 7 nitrogen and oxygen atoms in total. The summed E-state index contributed by atoms with van der Waals surface area (Å²) in [6.07, 6.45) is 0. The van der Waals surface area contributed by atoms with Crippen molar-refractivity contribution in [3.05, 3.63) is 39.8 Å². The predicted octanol–water partition coefficient (Wildman–Crippen LogP) is 1.21. The topological polar surface area (TPSA) is 99.9 Å². The molecule has 2 N–H and O–H groups in total. The van der Waals surface area contributed by atoms with Crippen LogP contribution in [0.4, 0.5) is 15.9 Å². The van der Waals surface area contributed by atoms with Gasteiger partial charge in [-0.25, -0.2) is 9.07 Å². The number of rotatable bonds is 2. The fourth-order valence-corrected chi connectivity index (χ4v) is 1.37. The average Bonchev–Trinajstić information content (AvgIpc) is 2.59. The molecule has 0 aliphatic carbocycles. The van der Waals surface area contributed by atoms with E-state index in [4.69, 9.17) is 5.73 Å². The highest BCUT2D eigenvalue weighted by molar-refractivity contribution is 5.46. The lowest BCUT2D eigenvalue weighted by Crippen LogP contribution is -2.01. The smallest absolute Gasteiger partial charge is 0.274 e. The van der Waals surface area contributed by atoms with Crippen LogP contribution in [0.15, 0.2) is 18.2 Å². The fraction of sp³-hybridized carbons (Fsp3) is 0.111. The number of nitrogens with two attached hydrogens (primary N) is 1. The first-order valence-electron chi connectivity index (χ1n) is 4.62. The molecule has 0 bridgehead atoms. The normalized spacial score (nSPS) is 10.5. The summed E-state index contributed by atoms with van der Waals surface area (Å²) in [5.41, 5.74) is 5.84.